The van der Waals surface area contributed by atoms with Gasteiger partial charge in [-0.25, -0.2) is 4.79 Å². The van der Waals surface area contributed by atoms with Gasteiger partial charge in [-0.1, -0.05) is 30.3 Å². The molecule has 2 unspecified atom stereocenters. The molecule has 5 N–H and O–H groups in total. The summed E-state index contributed by atoms with van der Waals surface area (Å²) in [4.78, 5) is 11.6. The number of carbonyl (C=O) groups excluding carboxylic acids is 1. The quantitative estimate of drug-likeness (QED) is 0.334. The number of nitrogens with one attached hydrogen (secondary N) is 3. The predicted octanol–water partition coefficient (Wildman–Crippen LogP) is 2.77. The Balaban J connectivity index is 2.09. The van der Waals surface area contributed by atoms with Gasteiger partial charge in [-0.3, -0.25) is 9.97 Å². The summed E-state index contributed by atoms with van der Waals surface area (Å²) in [7, 11) is -1.40. The summed E-state index contributed by atoms with van der Waals surface area (Å²) in [5.74, 6) is -0.433. The first-order valence-electron chi connectivity index (χ1n) is 7.79. The molecule has 0 saturated heterocycles. The Morgan fingerprint density at radius 2 is 1.85 bits per heavy atom. The lowest BCUT2D eigenvalue weighted by Crippen LogP contribution is -2.34. The summed E-state index contributed by atoms with van der Waals surface area (Å²) < 4.78 is 22.7. The third-order valence-electron chi connectivity index (χ3n) is 3.40. The second-order valence-electron chi connectivity index (χ2n) is 5.36. The molecule has 2 aromatic rings. The van der Waals surface area contributed by atoms with Gasteiger partial charge in [0.1, 0.15) is 11.5 Å². The van der Waals surface area contributed by atoms with Crippen molar-refractivity contribution in [3.63, 3.8) is 0 Å². The molecule has 0 saturated carbocycles. The summed E-state index contributed by atoms with van der Waals surface area (Å²) in [6.07, 6.45) is -0.389. The third kappa shape index (κ3) is 6.14. The number of hydrogen-bond acceptors (Lipinski definition) is 5. The van der Waals surface area contributed by atoms with Crippen LogP contribution in [0, 0.1) is 5.41 Å². The van der Waals surface area contributed by atoms with Crippen LogP contribution in [0.5, 0.6) is 5.75 Å². The number of para-hydroxylation sites is 1. The van der Waals surface area contributed by atoms with Crippen molar-refractivity contribution in [2.45, 2.75) is 12.2 Å². The molecule has 2 rings (SSSR count). The van der Waals surface area contributed by atoms with Crippen molar-refractivity contribution in [3.05, 3.63) is 60.2 Å². The van der Waals surface area contributed by atoms with Crippen LogP contribution in [0.25, 0.3) is 0 Å². The molecular weight excluding hydrogens is 355 g/mol. The maximum atomic E-state index is 12.6. The van der Waals surface area contributed by atoms with Crippen molar-refractivity contribution in [2.75, 3.05) is 12.4 Å². The Bertz CT molecular complexity index is 768. The summed E-state index contributed by atoms with van der Waals surface area (Å²) in [6.45, 7) is 0. The second kappa shape index (κ2) is 9.48. The average Bonchev–Trinajstić information content (AvgIpc) is 2.63. The van der Waals surface area contributed by atoms with Gasteiger partial charge in [0.15, 0.2) is 5.96 Å². The molecule has 0 radical (unpaired) electrons. The molecule has 0 aromatic heterocycles. The van der Waals surface area contributed by atoms with Gasteiger partial charge >= 0.3 is 6.09 Å². The minimum Gasteiger partial charge on any atom is -0.453 e. The first-order chi connectivity index (χ1) is 12.5. The van der Waals surface area contributed by atoms with Gasteiger partial charge in [0.2, 0.25) is 0 Å². The van der Waals surface area contributed by atoms with Crippen molar-refractivity contribution in [1.82, 2.24) is 5.32 Å². The standard InChI is InChI=1S/C17H21N4O4P/c1-24-17(22)21-15(26(23)25-14-5-3-2-4-6-14)11-12-7-9-13(10-8-12)20-16(18)19/h2-10,15,26H,11H2,1H3,(H,21,22)(H4,18,19,20). The molecule has 0 aliphatic carbocycles. The monoisotopic (exact) mass is 376 g/mol. The molecule has 1 amide bonds. The molecule has 0 aliphatic rings. The number of hydrogen-bond donors (Lipinski definition) is 4. The lowest BCUT2D eigenvalue weighted by Gasteiger charge is -2.18. The number of carbonyl (C=O) groups is 1. The van der Waals surface area contributed by atoms with Crippen LogP contribution in [0.4, 0.5) is 10.5 Å². The largest absolute Gasteiger partial charge is 0.453 e. The SMILES string of the molecule is COC(=O)NC(Cc1ccc(NC(=N)N)cc1)[PH](=O)Oc1ccccc1. The van der Waals surface area contributed by atoms with Crippen molar-refractivity contribution in [2.24, 2.45) is 5.73 Å². The first kappa shape index (κ1) is 19.3. The van der Waals surface area contributed by atoms with Crippen molar-refractivity contribution in [3.8, 4) is 5.75 Å². The second-order valence-corrected chi connectivity index (χ2v) is 6.90. The number of methoxy groups -OCH3 is 1. The molecule has 138 valence electrons. The summed E-state index contributed by atoms with van der Waals surface area (Å²) >= 11 is 0. The van der Waals surface area contributed by atoms with E-state index in [1.807, 2.05) is 6.07 Å². The maximum absolute atomic E-state index is 12.6. The molecule has 2 atom stereocenters. The summed E-state index contributed by atoms with van der Waals surface area (Å²) in [6, 6.07) is 15.8. The van der Waals surface area contributed by atoms with E-state index in [1.54, 1.807) is 48.5 Å². The predicted molar refractivity (Wildman–Crippen MR) is 101 cm³/mol. The smallest absolute Gasteiger partial charge is 0.407 e. The fourth-order valence-corrected chi connectivity index (χ4v) is 3.33. The third-order valence-corrected chi connectivity index (χ3v) is 4.75. The lowest BCUT2D eigenvalue weighted by atomic mass is 10.1. The Kier molecular flexibility index (Phi) is 7.05. The van der Waals surface area contributed by atoms with Crippen LogP contribution in [0.1, 0.15) is 5.56 Å². The Labute approximate surface area is 152 Å². The van der Waals surface area contributed by atoms with E-state index in [0.29, 0.717) is 17.9 Å². The van der Waals surface area contributed by atoms with Crippen LogP contribution in [-0.2, 0) is 15.7 Å². The zero-order valence-electron chi connectivity index (χ0n) is 14.2. The van der Waals surface area contributed by atoms with Crippen LogP contribution in [-0.4, -0.2) is 24.9 Å². The highest BCUT2D eigenvalue weighted by molar-refractivity contribution is 7.40. The summed E-state index contributed by atoms with van der Waals surface area (Å²) in [5.41, 5.74) is 6.77. The van der Waals surface area contributed by atoms with E-state index in [4.69, 9.17) is 15.7 Å². The fourth-order valence-electron chi connectivity index (χ4n) is 2.19. The van der Waals surface area contributed by atoms with Crippen molar-refractivity contribution >= 4 is 25.8 Å². The number of amides is 1. The van der Waals surface area contributed by atoms with Gasteiger partial charge < -0.3 is 25.6 Å². The normalized spacial score (nSPS) is 12.5. The van der Waals surface area contributed by atoms with Crippen molar-refractivity contribution in [1.29, 1.82) is 5.41 Å². The Morgan fingerprint density at radius 3 is 2.42 bits per heavy atom. The van der Waals surface area contributed by atoms with E-state index in [9.17, 15) is 9.36 Å². The van der Waals surface area contributed by atoms with Gasteiger partial charge in [-0.2, -0.15) is 0 Å². The van der Waals surface area contributed by atoms with Crippen LogP contribution in [0.3, 0.4) is 0 Å². The number of rotatable bonds is 7. The number of anilines is 1. The van der Waals surface area contributed by atoms with E-state index in [1.165, 1.54) is 7.11 Å². The molecule has 2 aromatic carbocycles. The van der Waals surface area contributed by atoms with Gasteiger partial charge in [0.05, 0.1) is 7.11 Å². The van der Waals surface area contributed by atoms with E-state index < -0.39 is 19.9 Å². The lowest BCUT2D eigenvalue weighted by molar-refractivity contribution is 0.169. The highest BCUT2D eigenvalue weighted by Crippen LogP contribution is 2.32. The van der Waals surface area contributed by atoms with Crippen LogP contribution in [0.2, 0.25) is 0 Å². The zero-order chi connectivity index (χ0) is 18.9. The Morgan fingerprint density at radius 1 is 1.19 bits per heavy atom. The van der Waals surface area contributed by atoms with Crippen molar-refractivity contribution < 1.29 is 18.6 Å². The number of benzene rings is 2. The van der Waals surface area contributed by atoms with Crippen LogP contribution >= 0.6 is 8.03 Å². The maximum Gasteiger partial charge on any atom is 0.407 e. The first-order valence-corrected chi connectivity index (χ1v) is 9.18. The van der Waals surface area contributed by atoms with E-state index in [2.05, 4.69) is 15.4 Å². The van der Waals surface area contributed by atoms with Gasteiger partial charge in [-0.15, -0.1) is 0 Å². The highest BCUT2D eigenvalue weighted by Gasteiger charge is 2.21. The molecule has 0 fully saturated rings. The molecule has 0 spiro atoms. The van der Waals surface area contributed by atoms with Gasteiger partial charge in [-0.05, 0) is 29.8 Å². The molecule has 0 aliphatic heterocycles. The van der Waals surface area contributed by atoms with E-state index in [-0.39, 0.29) is 5.96 Å². The minimum atomic E-state index is -2.64. The van der Waals surface area contributed by atoms with Gasteiger partial charge in [0.25, 0.3) is 8.03 Å². The number of nitrogens with two attached hydrogens (primary N) is 1. The molecular formula is C17H21N4O4P. The summed E-state index contributed by atoms with van der Waals surface area (Å²) in [5, 5.41) is 12.4. The molecule has 9 heteroatoms. The minimum absolute atomic E-state index is 0.163. The zero-order valence-corrected chi connectivity index (χ0v) is 15.2. The van der Waals surface area contributed by atoms with Gasteiger partial charge in [0, 0.05) is 12.1 Å². The number of alkyl carbamates (subject to hydrolysis) is 1. The highest BCUT2D eigenvalue weighted by atomic mass is 31.1. The average molecular weight is 376 g/mol. The number of guanidine groups is 1. The van der Waals surface area contributed by atoms with E-state index >= 15 is 0 Å². The fraction of sp³-hybridized carbons (Fsp3) is 0.176. The molecule has 0 bridgehead atoms. The van der Waals surface area contributed by atoms with Crippen LogP contribution < -0.4 is 20.9 Å². The molecule has 0 heterocycles. The van der Waals surface area contributed by atoms with E-state index in [0.717, 1.165) is 5.56 Å². The number of ether oxygens (including phenoxy) is 1. The van der Waals surface area contributed by atoms with Crippen LogP contribution in [0.15, 0.2) is 54.6 Å². The Hall–Kier alpha value is -2.99. The molecule has 8 nitrogen and oxygen atoms in total. The molecule has 26 heavy (non-hydrogen) atoms. The topological polar surface area (TPSA) is 127 Å².